The second-order valence-corrected chi connectivity index (χ2v) is 5.69. The molecule has 0 spiro atoms. The predicted molar refractivity (Wildman–Crippen MR) is 88.5 cm³/mol. The van der Waals surface area contributed by atoms with Crippen LogP contribution in [0.3, 0.4) is 0 Å². The van der Waals surface area contributed by atoms with Gasteiger partial charge in [0.15, 0.2) is 23.0 Å². The van der Waals surface area contributed by atoms with Crippen LogP contribution in [-0.2, 0) is 0 Å². The van der Waals surface area contributed by atoms with E-state index in [1.807, 2.05) is 48.5 Å². The summed E-state index contributed by atoms with van der Waals surface area (Å²) in [6, 6.07) is 18.6. The van der Waals surface area contributed by atoms with Crippen LogP contribution in [0.4, 0.5) is 0 Å². The first kappa shape index (κ1) is 13.5. The van der Waals surface area contributed by atoms with E-state index in [9.17, 15) is 0 Å². The maximum Gasteiger partial charge on any atom is 0.179 e. The smallest absolute Gasteiger partial charge is 0.179 e. The van der Waals surface area contributed by atoms with Crippen molar-refractivity contribution in [2.75, 3.05) is 0 Å². The highest BCUT2D eigenvalue weighted by atomic mass is 35.5. The van der Waals surface area contributed by atoms with Crippen molar-refractivity contribution in [3.05, 3.63) is 70.7 Å². The molecule has 0 atom stereocenters. The summed E-state index contributed by atoms with van der Waals surface area (Å²) in [4.78, 5) is 0. The number of rotatable bonds is 1. The van der Waals surface area contributed by atoms with Gasteiger partial charge in [0, 0.05) is 16.1 Å². The second-order valence-electron chi connectivity index (χ2n) is 4.88. The molecule has 108 valence electrons. The molecule has 1 aliphatic heterocycles. The van der Waals surface area contributed by atoms with Crippen LogP contribution in [-0.4, -0.2) is 0 Å². The van der Waals surface area contributed by atoms with Crippen molar-refractivity contribution in [1.29, 1.82) is 0 Å². The van der Waals surface area contributed by atoms with Crippen LogP contribution >= 0.6 is 23.2 Å². The molecule has 3 aromatic carbocycles. The highest BCUT2D eigenvalue weighted by Crippen LogP contribution is 2.52. The molecule has 4 rings (SSSR count). The number of halogens is 2. The summed E-state index contributed by atoms with van der Waals surface area (Å²) in [7, 11) is 0. The van der Waals surface area contributed by atoms with Crippen LogP contribution in [0.15, 0.2) is 60.7 Å². The van der Waals surface area contributed by atoms with Crippen LogP contribution in [0.5, 0.6) is 23.0 Å². The van der Waals surface area contributed by atoms with E-state index in [-0.39, 0.29) is 0 Å². The fraction of sp³-hybridized carbons (Fsp3) is 0. The molecule has 2 nitrogen and oxygen atoms in total. The lowest BCUT2D eigenvalue weighted by molar-refractivity contribution is 0.361. The van der Waals surface area contributed by atoms with Gasteiger partial charge in [0.05, 0.1) is 5.02 Å². The van der Waals surface area contributed by atoms with Gasteiger partial charge in [-0.15, -0.1) is 0 Å². The third kappa shape index (κ3) is 2.12. The first-order chi connectivity index (χ1) is 10.7. The summed E-state index contributed by atoms with van der Waals surface area (Å²) in [6.45, 7) is 0. The zero-order valence-corrected chi connectivity index (χ0v) is 12.9. The molecule has 0 N–H and O–H groups in total. The molecule has 0 fully saturated rings. The highest BCUT2D eigenvalue weighted by molar-refractivity contribution is 6.37. The average Bonchev–Trinajstić information content (AvgIpc) is 2.54. The van der Waals surface area contributed by atoms with Gasteiger partial charge < -0.3 is 9.47 Å². The quantitative estimate of drug-likeness (QED) is 0.394. The molecular weight excluding hydrogens is 319 g/mol. The Kier molecular flexibility index (Phi) is 3.21. The highest BCUT2D eigenvalue weighted by Gasteiger charge is 2.24. The van der Waals surface area contributed by atoms with E-state index < -0.39 is 0 Å². The van der Waals surface area contributed by atoms with Crippen LogP contribution in [0.1, 0.15) is 0 Å². The first-order valence-corrected chi connectivity index (χ1v) is 7.52. The Bertz CT molecular complexity index is 875. The summed E-state index contributed by atoms with van der Waals surface area (Å²) >= 11 is 12.7. The lowest BCUT2D eigenvalue weighted by atomic mass is 10.0. The van der Waals surface area contributed by atoms with Gasteiger partial charge in [-0.25, -0.2) is 0 Å². The number of fused-ring (bicyclic) bond motifs is 2. The number of hydrogen-bond acceptors (Lipinski definition) is 2. The normalized spacial score (nSPS) is 11.9. The van der Waals surface area contributed by atoms with E-state index >= 15 is 0 Å². The maximum absolute atomic E-state index is 6.40. The Labute approximate surface area is 137 Å². The van der Waals surface area contributed by atoms with Gasteiger partial charge in [0.25, 0.3) is 0 Å². The minimum Gasteiger partial charge on any atom is -0.449 e. The molecule has 1 heterocycles. The molecule has 4 heteroatoms. The lowest BCUT2D eigenvalue weighted by Crippen LogP contribution is -2.00. The predicted octanol–water partition coefficient (Wildman–Crippen LogP) is 6.56. The van der Waals surface area contributed by atoms with Crippen molar-refractivity contribution in [3.8, 4) is 34.1 Å². The summed E-state index contributed by atoms with van der Waals surface area (Å²) in [6.07, 6.45) is 0. The average molecular weight is 329 g/mol. The van der Waals surface area contributed by atoms with Crippen molar-refractivity contribution < 1.29 is 9.47 Å². The molecule has 0 bridgehead atoms. The molecule has 0 radical (unpaired) electrons. The van der Waals surface area contributed by atoms with Crippen molar-refractivity contribution >= 4 is 23.2 Å². The van der Waals surface area contributed by atoms with E-state index in [2.05, 4.69) is 0 Å². The lowest BCUT2D eigenvalue weighted by Gasteiger charge is -2.23. The van der Waals surface area contributed by atoms with E-state index in [1.54, 1.807) is 12.1 Å². The van der Waals surface area contributed by atoms with Crippen molar-refractivity contribution in [1.82, 2.24) is 0 Å². The fourth-order valence-electron chi connectivity index (χ4n) is 2.48. The molecule has 0 saturated heterocycles. The number of para-hydroxylation sites is 2. The van der Waals surface area contributed by atoms with Gasteiger partial charge in [-0.3, -0.25) is 0 Å². The van der Waals surface area contributed by atoms with Crippen molar-refractivity contribution in [2.24, 2.45) is 0 Å². The number of benzene rings is 3. The van der Waals surface area contributed by atoms with Gasteiger partial charge in [0.1, 0.15) is 0 Å². The van der Waals surface area contributed by atoms with Crippen molar-refractivity contribution in [3.63, 3.8) is 0 Å². The zero-order chi connectivity index (χ0) is 15.1. The Hall–Kier alpha value is -2.16. The van der Waals surface area contributed by atoms with E-state index in [0.29, 0.717) is 33.0 Å². The second kappa shape index (κ2) is 5.24. The molecule has 0 amide bonds. The third-order valence-corrected chi connectivity index (χ3v) is 4.14. The van der Waals surface area contributed by atoms with Crippen LogP contribution in [0, 0.1) is 0 Å². The first-order valence-electron chi connectivity index (χ1n) is 6.76. The molecule has 0 unspecified atom stereocenters. The maximum atomic E-state index is 6.40. The number of ether oxygens (including phenoxy) is 2. The largest absolute Gasteiger partial charge is 0.449 e. The standard InChI is InChI=1S/C18H10Cl2O2/c19-12-6-2-1-5-11(12)17-13(20)9-10-16-18(17)22-15-8-4-3-7-14(15)21-16/h1-10H. The Balaban J connectivity index is 1.94. The minimum atomic E-state index is 0.565. The van der Waals surface area contributed by atoms with Gasteiger partial charge >= 0.3 is 0 Å². The summed E-state index contributed by atoms with van der Waals surface area (Å²) in [5.74, 6) is 2.55. The van der Waals surface area contributed by atoms with E-state index in [1.165, 1.54) is 0 Å². The van der Waals surface area contributed by atoms with Crippen LogP contribution < -0.4 is 9.47 Å². The summed E-state index contributed by atoms with van der Waals surface area (Å²) in [5, 5.41) is 1.18. The Morgan fingerprint density at radius 3 is 2.05 bits per heavy atom. The summed E-state index contributed by atoms with van der Waals surface area (Å²) in [5.41, 5.74) is 1.55. The van der Waals surface area contributed by atoms with Gasteiger partial charge in [-0.2, -0.15) is 0 Å². The van der Waals surface area contributed by atoms with Crippen molar-refractivity contribution in [2.45, 2.75) is 0 Å². The summed E-state index contributed by atoms with van der Waals surface area (Å²) < 4.78 is 11.9. The van der Waals surface area contributed by atoms with E-state index in [4.69, 9.17) is 32.7 Å². The Morgan fingerprint density at radius 1 is 0.591 bits per heavy atom. The van der Waals surface area contributed by atoms with Gasteiger partial charge in [-0.05, 0) is 30.3 Å². The van der Waals surface area contributed by atoms with Crippen LogP contribution in [0.25, 0.3) is 11.1 Å². The SMILES string of the molecule is Clc1ccccc1-c1c(Cl)ccc2c1Oc1ccccc1O2. The molecule has 0 saturated carbocycles. The molecular formula is C18H10Cl2O2. The fourth-order valence-corrected chi connectivity index (χ4v) is 2.96. The van der Waals surface area contributed by atoms with Gasteiger partial charge in [0.2, 0.25) is 0 Å². The molecule has 22 heavy (non-hydrogen) atoms. The molecule has 0 aliphatic carbocycles. The van der Waals surface area contributed by atoms with Crippen LogP contribution in [0.2, 0.25) is 10.0 Å². The third-order valence-electron chi connectivity index (χ3n) is 3.50. The van der Waals surface area contributed by atoms with E-state index in [0.717, 1.165) is 11.1 Å². The molecule has 1 aliphatic rings. The monoisotopic (exact) mass is 328 g/mol. The topological polar surface area (TPSA) is 18.5 Å². The number of hydrogen-bond donors (Lipinski definition) is 0. The van der Waals surface area contributed by atoms with Gasteiger partial charge in [-0.1, -0.05) is 53.5 Å². The molecule has 3 aromatic rings. The Morgan fingerprint density at radius 2 is 1.27 bits per heavy atom. The molecule has 0 aromatic heterocycles. The minimum absolute atomic E-state index is 0.565. The zero-order valence-electron chi connectivity index (χ0n) is 11.3.